The monoisotopic (exact) mass is 272 g/mol. The van der Waals surface area contributed by atoms with Gasteiger partial charge in [-0.3, -0.25) is 4.68 Å². The molecule has 0 bridgehead atoms. The molecule has 0 unspecified atom stereocenters. The SMILES string of the molecule is Cn1cc(S(=O)(=O)N2CCCC(C)(C)C2)c(N)n1. The Kier molecular flexibility index (Phi) is 3.14. The van der Waals surface area contributed by atoms with Crippen LogP contribution in [0.5, 0.6) is 0 Å². The van der Waals surface area contributed by atoms with Crippen LogP contribution in [-0.4, -0.2) is 35.6 Å². The minimum absolute atomic E-state index is 0.0162. The quantitative estimate of drug-likeness (QED) is 0.864. The Hall–Kier alpha value is -1.08. The predicted octanol–water partition coefficient (Wildman–Crippen LogP) is 0.813. The van der Waals surface area contributed by atoms with Crippen LogP contribution in [0.4, 0.5) is 5.82 Å². The van der Waals surface area contributed by atoms with Crippen molar-refractivity contribution in [2.45, 2.75) is 31.6 Å². The van der Waals surface area contributed by atoms with Crippen molar-refractivity contribution in [3.05, 3.63) is 6.20 Å². The molecule has 7 heteroatoms. The zero-order valence-electron chi connectivity index (χ0n) is 11.0. The second-order valence-corrected chi connectivity index (χ2v) is 7.56. The molecule has 0 aliphatic carbocycles. The van der Waals surface area contributed by atoms with Crippen molar-refractivity contribution in [2.75, 3.05) is 18.8 Å². The smallest absolute Gasteiger partial charge is 0.248 e. The molecule has 2 N–H and O–H groups in total. The van der Waals surface area contributed by atoms with Gasteiger partial charge in [-0.05, 0) is 18.3 Å². The number of nitrogens with zero attached hydrogens (tertiary/aromatic N) is 3. The zero-order valence-corrected chi connectivity index (χ0v) is 11.9. The molecule has 0 atom stereocenters. The first-order valence-electron chi connectivity index (χ1n) is 6.02. The summed E-state index contributed by atoms with van der Waals surface area (Å²) >= 11 is 0. The van der Waals surface area contributed by atoms with Gasteiger partial charge < -0.3 is 5.73 Å². The summed E-state index contributed by atoms with van der Waals surface area (Å²) in [6.07, 6.45) is 3.39. The van der Waals surface area contributed by atoms with Crippen LogP contribution in [-0.2, 0) is 17.1 Å². The molecular formula is C11H20N4O2S. The molecule has 0 saturated carbocycles. The molecule has 1 aliphatic rings. The number of piperidine rings is 1. The summed E-state index contributed by atoms with van der Waals surface area (Å²) < 4.78 is 27.9. The van der Waals surface area contributed by atoms with Gasteiger partial charge in [0, 0.05) is 26.3 Å². The Morgan fingerprint density at radius 1 is 1.44 bits per heavy atom. The summed E-state index contributed by atoms with van der Waals surface area (Å²) in [5, 5.41) is 3.90. The number of aryl methyl sites for hydroxylation is 1. The van der Waals surface area contributed by atoms with Gasteiger partial charge >= 0.3 is 0 Å². The fourth-order valence-corrected chi connectivity index (χ4v) is 4.15. The van der Waals surface area contributed by atoms with Gasteiger partial charge in [-0.15, -0.1) is 0 Å². The molecule has 0 aromatic carbocycles. The van der Waals surface area contributed by atoms with Gasteiger partial charge in [0.25, 0.3) is 0 Å². The van der Waals surface area contributed by atoms with E-state index in [1.807, 2.05) is 0 Å². The van der Waals surface area contributed by atoms with Gasteiger partial charge in [-0.25, -0.2) is 8.42 Å². The molecule has 0 spiro atoms. The number of nitrogens with two attached hydrogens (primary N) is 1. The van der Waals surface area contributed by atoms with Crippen LogP contribution in [0, 0.1) is 5.41 Å². The number of sulfonamides is 1. The predicted molar refractivity (Wildman–Crippen MR) is 69.4 cm³/mol. The van der Waals surface area contributed by atoms with E-state index in [-0.39, 0.29) is 16.1 Å². The molecule has 2 rings (SSSR count). The number of hydrogen-bond acceptors (Lipinski definition) is 4. The van der Waals surface area contributed by atoms with Crippen molar-refractivity contribution in [1.82, 2.24) is 14.1 Å². The first kappa shape index (κ1) is 13.4. The maximum Gasteiger partial charge on any atom is 0.248 e. The number of hydrogen-bond donors (Lipinski definition) is 1. The van der Waals surface area contributed by atoms with Crippen molar-refractivity contribution < 1.29 is 8.42 Å². The molecule has 1 aromatic rings. The highest BCUT2D eigenvalue weighted by Crippen LogP contribution is 2.32. The maximum atomic E-state index is 12.5. The molecule has 1 aliphatic heterocycles. The molecule has 1 aromatic heterocycles. The van der Waals surface area contributed by atoms with Crippen molar-refractivity contribution in [1.29, 1.82) is 0 Å². The number of aromatic nitrogens is 2. The summed E-state index contributed by atoms with van der Waals surface area (Å²) in [4.78, 5) is 0.114. The topological polar surface area (TPSA) is 81.2 Å². The average Bonchev–Trinajstić information content (AvgIpc) is 2.57. The van der Waals surface area contributed by atoms with Gasteiger partial charge in [0.15, 0.2) is 5.82 Å². The molecule has 6 nitrogen and oxygen atoms in total. The van der Waals surface area contributed by atoms with E-state index in [1.165, 1.54) is 15.2 Å². The Morgan fingerprint density at radius 3 is 2.61 bits per heavy atom. The second kappa shape index (κ2) is 4.24. The van der Waals surface area contributed by atoms with Crippen LogP contribution >= 0.6 is 0 Å². The third-order valence-electron chi connectivity index (χ3n) is 3.31. The second-order valence-electron chi connectivity index (χ2n) is 5.66. The Labute approximate surface area is 108 Å². The lowest BCUT2D eigenvalue weighted by atomic mass is 9.85. The molecule has 2 heterocycles. The lowest BCUT2D eigenvalue weighted by Gasteiger charge is -2.36. The molecule has 0 radical (unpaired) electrons. The van der Waals surface area contributed by atoms with Crippen molar-refractivity contribution in [2.24, 2.45) is 12.5 Å². The van der Waals surface area contributed by atoms with Crippen LogP contribution in [0.2, 0.25) is 0 Å². The first-order valence-corrected chi connectivity index (χ1v) is 7.46. The molecule has 1 saturated heterocycles. The summed E-state index contributed by atoms with van der Waals surface area (Å²) in [6, 6.07) is 0. The minimum atomic E-state index is -3.52. The van der Waals surface area contributed by atoms with Gasteiger partial charge in [0.05, 0.1) is 0 Å². The average molecular weight is 272 g/mol. The molecule has 0 amide bonds. The number of rotatable bonds is 2. The summed E-state index contributed by atoms with van der Waals surface area (Å²) in [7, 11) is -1.86. The van der Waals surface area contributed by atoms with E-state index < -0.39 is 10.0 Å². The van der Waals surface area contributed by atoms with Crippen molar-refractivity contribution in [3.8, 4) is 0 Å². The van der Waals surface area contributed by atoms with Gasteiger partial charge in [0.2, 0.25) is 10.0 Å². The van der Waals surface area contributed by atoms with Gasteiger partial charge in [-0.1, -0.05) is 13.8 Å². The fourth-order valence-electron chi connectivity index (χ4n) is 2.40. The van der Waals surface area contributed by atoms with Crippen molar-refractivity contribution >= 4 is 15.8 Å². The lowest BCUT2D eigenvalue weighted by molar-refractivity contribution is 0.187. The van der Waals surface area contributed by atoms with Crippen LogP contribution < -0.4 is 5.73 Å². The van der Waals surface area contributed by atoms with Crippen LogP contribution in [0.15, 0.2) is 11.1 Å². The van der Waals surface area contributed by atoms with Crippen LogP contribution in [0.25, 0.3) is 0 Å². The normalized spacial score (nSPS) is 21.1. The fraction of sp³-hybridized carbons (Fsp3) is 0.727. The van der Waals surface area contributed by atoms with Gasteiger partial charge in [-0.2, -0.15) is 9.40 Å². The minimum Gasteiger partial charge on any atom is -0.381 e. The summed E-state index contributed by atoms with van der Waals surface area (Å²) in [6.45, 7) is 5.26. The Morgan fingerprint density at radius 2 is 2.11 bits per heavy atom. The Balaban J connectivity index is 2.34. The summed E-state index contributed by atoms with van der Waals surface area (Å²) in [5.74, 6) is 0.0703. The maximum absolute atomic E-state index is 12.5. The highest BCUT2D eigenvalue weighted by atomic mass is 32.2. The third kappa shape index (κ3) is 2.37. The molecular weight excluding hydrogens is 252 g/mol. The highest BCUT2D eigenvalue weighted by Gasteiger charge is 2.35. The van der Waals surface area contributed by atoms with Crippen LogP contribution in [0.1, 0.15) is 26.7 Å². The molecule has 102 valence electrons. The third-order valence-corrected chi connectivity index (χ3v) is 5.17. The first-order chi connectivity index (χ1) is 8.22. The lowest BCUT2D eigenvalue weighted by Crippen LogP contribution is -2.43. The standard InChI is InChI=1S/C11H20N4O2S/c1-11(2)5-4-6-15(8-11)18(16,17)9-7-14(3)13-10(9)12/h7H,4-6,8H2,1-3H3,(H2,12,13). The Bertz CT molecular complexity index is 547. The van der Waals surface area contributed by atoms with E-state index in [9.17, 15) is 8.42 Å². The largest absolute Gasteiger partial charge is 0.381 e. The highest BCUT2D eigenvalue weighted by molar-refractivity contribution is 7.89. The molecule has 18 heavy (non-hydrogen) atoms. The van der Waals surface area contributed by atoms with E-state index in [0.717, 1.165) is 12.8 Å². The zero-order chi connectivity index (χ0) is 13.6. The van der Waals surface area contributed by atoms with Crippen molar-refractivity contribution in [3.63, 3.8) is 0 Å². The molecule has 1 fully saturated rings. The van der Waals surface area contributed by atoms with Crippen LogP contribution in [0.3, 0.4) is 0 Å². The van der Waals surface area contributed by atoms with E-state index in [1.54, 1.807) is 7.05 Å². The van der Waals surface area contributed by atoms with E-state index in [0.29, 0.717) is 13.1 Å². The van der Waals surface area contributed by atoms with E-state index in [4.69, 9.17) is 5.73 Å². The van der Waals surface area contributed by atoms with Gasteiger partial charge in [0.1, 0.15) is 4.90 Å². The van der Waals surface area contributed by atoms with E-state index >= 15 is 0 Å². The number of nitrogen functional groups attached to an aromatic ring is 1. The van der Waals surface area contributed by atoms with E-state index in [2.05, 4.69) is 18.9 Å². The number of anilines is 1. The summed E-state index contributed by atoms with van der Waals surface area (Å²) in [5.41, 5.74) is 5.68.